The minimum atomic E-state index is -0.726. The maximum Gasteiger partial charge on any atom is 0.306 e. The largest absolute Gasteiger partial charge is 0.481 e. The first-order valence-electron chi connectivity index (χ1n) is 4.94. The fourth-order valence-corrected chi connectivity index (χ4v) is 1.52. The summed E-state index contributed by atoms with van der Waals surface area (Å²) in [6.45, 7) is 3.83. The van der Waals surface area contributed by atoms with Crippen LogP contribution in [0.25, 0.3) is 0 Å². The molecule has 1 aromatic rings. The van der Waals surface area contributed by atoms with Gasteiger partial charge in [0.25, 0.3) is 0 Å². The lowest BCUT2D eigenvalue weighted by Gasteiger charge is -2.10. The van der Waals surface area contributed by atoms with E-state index in [1.807, 2.05) is 18.2 Å². The molecule has 1 aromatic carbocycles. The van der Waals surface area contributed by atoms with Gasteiger partial charge < -0.3 is 5.11 Å². The standard InChI is InChI=1S/C12H16O2/c1-3-10-6-4-5-7-11(10)8-9(2)12(13)14/h4-7,9H,3,8H2,1-2H3,(H,13,14). The summed E-state index contributed by atoms with van der Waals surface area (Å²) in [5.41, 5.74) is 2.41. The van der Waals surface area contributed by atoms with Gasteiger partial charge in [-0.3, -0.25) is 4.79 Å². The van der Waals surface area contributed by atoms with Crippen molar-refractivity contribution in [3.05, 3.63) is 35.4 Å². The zero-order valence-electron chi connectivity index (χ0n) is 8.66. The maximum absolute atomic E-state index is 10.7. The van der Waals surface area contributed by atoms with Crippen molar-refractivity contribution in [3.63, 3.8) is 0 Å². The number of aliphatic carboxylic acids is 1. The predicted molar refractivity (Wildman–Crippen MR) is 56.3 cm³/mol. The average Bonchev–Trinajstić information content (AvgIpc) is 2.18. The Hall–Kier alpha value is -1.31. The van der Waals surface area contributed by atoms with Gasteiger partial charge in [0.15, 0.2) is 0 Å². The van der Waals surface area contributed by atoms with Crippen LogP contribution < -0.4 is 0 Å². The lowest BCUT2D eigenvalue weighted by Crippen LogP contribution is -2.13. The Balaban J connectivity index is 2.80. The highest BCUT2D eigenvalue weighted by molar-refractivity contribution is 5.70. The minimum absolute atomic E-state index is 0.303. The fourth-order valence-electron chi connectivity index (χ4n) is 1.52. The lowest BCUT2D eigenvalue weighted by atomic mass is 9.96. The van der Waals surface area contributed by atoms with Crippen LogP contribution in [0.5, 0.6) is 0 Å². The van der Waals surface area contributed by atoms with E-state index in [0.717, 1.165) is 12.0 Å². The fraction of sp³-hybridized carbons (Fsp3) is 0.417. The van der Waals surface area contributed by atoms with Crippen molar-refractivity contribution >= 4 is 5.97 Å². The normalized spacial score (nSPS) is 12.4. The van der Waals surface area contributed by atoms with Crippen molar-refractivity contribution in [2.24, 2.45) is 5.92 Å². The summed E-state index contributed by atoms with van der Waals surface area (Å²) in [6, 6.07) is 8.03. The van der Waals surface area contributed by atoms with Crippen molar-refractivity contribution in [2.75, 3.05) is 0 Å². The van der Waals surface area contributed by atoms with Crippen LogP contribution in [0.15, 0.2) is 24.3 Å². The van der Waals surface area contributed by atoms with Crippen molar-refractivity contribution in [2.45, 2.75) is 26.7 Å². The van der Waals surface area contributed by atoms with Gasteiger partial charge >= 0.3 is 5.97 Å². The van der Waals surface area contributed by atoms with Gasteiger partial charge in [0.2, 0.25) is 0 Å². The van der Waals surface area contributed by atoms with E-state index in [1.54, 1.807) is 6.92 Å². The molecule has 1 N–H and O–H groups in total. The van der Waals surface area contributed by atoms with E-state index in [9.17, 15) is 4.79 Å². The Kier molecular flexibility index (Phi) is 3.69. The third-order valence-electron chi connectivity index (χ3n) is 2.45. The van der Waals surface area contributed by atoms with E-state index in [0.29, 0.717) is 6.42 Å². The SMILES string of the molecule is CCc1ccccc1CC(C)C(=O)O. The number of carbonyl (C=O) groups is 1. The van der Waals surface area contributed by atoms with Crippen molar-refractivity contribution in [3.8, 4) is 0 Å². The third kappa shape index (κ3) is 2.59. The van der Waals surface area contributed by atoms with Gasteiger partial charge in [-0.1, -0.05) is 38.1 Å². The molecule has 76 valence electrons. The molecule has 0 heterocycles. The Morgan fingerprint density at radius 2 is 1.93 bits per heavy atom. The molecule has 0 fully saturated rings. The van der Waals surface area contributed by atoms with Crippen molar-refractivity contribution in [1.82, 2.24) is 0 Å². The summed E-state index contributed by atoms with van der Waals surface area (Å²) in [7, 11) is 0. The smallest absolute Gasteiger partial charge is 0.306 e. The molecule has 14 heavy (non-hydrogen) atoms. The Morgan fingerprint density at radius 1 is 1.36 bits per heavy atom. The molecule has 0 saturated heterocycles. The van der Waals surface area contributed by atoms with Crippen LogP contribution in [0.1, 0.15) is 25.0 Å². The first kappa shape index (κ1) is 10.8. The van der Waals surface area contributed by atoms with E-state index in [1.165, 1.54) is 5.56 Å². The molecule has 1 rings (SSSR count). The molecule has 2 heteroatoms. The Labute approximate surface area is 84.6 Å². The third-order valence-corrected chi connectivity index (χ3v) is 2.45. The van der Waals surface area contributed by atoms with Gasteiger partial charge in [-0.05, 0) is 24.0 Å². The van der Waals surface area contributed by atoms with Gasteiger partial charge in [-0.15, -0.1) is 0 Å². The summed E-state index contributed by atoms with van der Waals surface area (Å²) in [6.07, 6.45) is 1.59. The van der Waals surface area contributed by atoms with Crippen LogP contribution in [-0.4, -0.2) is 11.1 Å². The number of aryl methyl sites for hydroxylation is 1. The number of benzene rings is 1. The molecule has 0 saturated carbocycles. The van der Waals surface area contributed by atoms with E-state index >= 15 is 0 Å². The van der Waals surface area contributed by atoms with E-state index in [-0.39, 0.29) is 5.92 Å². The Morgan fingerprint density at radius 3 is 2.43 bits per heavy atom. The Bertz CT molecular complexity index is 318. The summed E-state index contributed by atoms with van der Waals surface area (Å²) >= 11 is 0. The van der Waals surface area contributed by atoms with Gasteiger partial charge in [-0.25, -0.2) is 0 Å². The van der Waals surface area contributed by atoms with Crippen LogP contribution in [0.2, 0.25) is 0 Å². The van der Waals surface area contributed by atoms with Crippen molar-refractivity contribution in [1.29, 1.82) is 0 Å². The molecule has 0 spiro atoms. The first-order valence-corrected chi connectivity index (χ1v) is 4.94. The molecule has 1 atom stereocenters. The van der Waals surface area contributed by atoms with Gasteiger partial charge in [0.05, 0.1) is 5.92 Å². The van der Waals surface area contributed by atoms with Crippen LogP contribution >= 0.6 is 0 Å². The zero-order chi connectivity index (χ0) is 10.6. The number of hydrogen-bond donors (Lipinski definition) is 1. The summed E-state index contributed by atoms with van der Waals surface area (Å²) in [5, 5.41) is 8.81. The number of hydrogen-bond acceptors (Lipinski definition) is 1. The van der Waals surface area contributed by atoms with Gasteiger partial charge in [0, 0.05) is 0 Å². The average molecular weight is 192 g/mol. The van der Waals surface area contributed by atoms with E-state index < -0.39 is 5.97 Å². The summed E-state index contributed by atoms with van der Waals surface area (Å²) in [4.78, 5) is 10.7. The maximum atomic E-state index is 10.7. The van der Waals surface area contributed by atoms with E-state index in [2.05, 4.69) is 13.0 Å². The molecular formula is C12H16O2. The van der Waals surface area contributed by atoms with Crippen LogP contribution in [0.3, 0.4) is 0 Å². The second-order valence-electron chi connectivity index (χ2n) is 3.57. The number of rotatable bonds is 4. The van der Waals surface area contributed by atoms with Crippen LogP contribution in [0.4, 0.5) is 0 Å². The molecule has 0 radical (unpaired) electrons. The molecule has 0 amide bonds. The molecular weight excluding hydrogens is 176 g/mol. The molecule has 0 bridgehead atoms. The highest BCUT2D eigenvalue weighted by Crippen LogP contribution is 2.14. The zero-order valence-corrected chi connectivity index (χ0v) is 8.66. The predicted octanol–water partition coefficient (Wildman–Crippen LogP) is 2.51. The second kappa shape index (κ2) is 4.80. The molecule has 2 nitrogen and oxygen atoms in total. The monoisotopic (exact) mass is 192 g/mol. The molecule has 0 aliphatic rings. The number of carboxylic acid groups (broad SMARTS) is 1. The van der Waals surface area contributed by atoms with Crippen molar-refractivity contribution < 1.29 is 9.90 Å². The molecule has 0 aliphatic heterocycles. The van der Waals surface area contributed by atoms with Gasteiger partial charge in [0.1, 0.15) is 0 Å². The quantitative estimate of drug-likeness (QED) is 0.795. The first-order chi connectivity index (χ1) is 6.65. The summed E-state index contributed by atoms with van der Waals surface area (Å²) < 4.78 is 0. The number of carboxylic acids is 1. The molecule has 0 aliphatic carbocycles. The lowest BCUT2D eigenvalue weighted by molar-refractivity contribution is -0.141. The minimum Gasteiger partial charge on any atom is -0.481 e. The second-order valence-corrected chi connectivity index (χ2v) is 3.57. The highest BCUT2D eigenvalue weighted by atomic mass is 16.4. The highest BCUT2D eigenvalue weighted by Gasteiger charge is 2.12. The molecule has 0 aromatic heterocycles. The topological polar surface area (TPSA) is 37.3 Å². The van der Waals surface area contributed by atoms with Gasteiger partial charge in [-0.2, -0.15) is 0 Å². The van der Waals surface area contributed by atoms with Crippen LogP contribution in [0, 0.1) is 5.92 Å². The van der Waals surface area contributed by atoms with E-state index in [4.69, 9.17) is 5.11 Å². The van der Waals surface area contributed by atoms with Crippen LogP contribution in [-0.2, 0) is 17.6 Å². The summed E-state index contributed by atoms with van der Waals surface area (Å²) in [5.74, 6) is -1.03. The molecule has 1 unspecified atom stereocenters.